The van der Waals surface area contributed by atoms with Crippen molar-refractivity contribution in [2.24, 2.45) is 5.41 Å². The molecule has 1 aromatic heterocycles. The molecule has 2 aromatic rings. The first kappa shape index (κ1) is 22.0. The standard InChI is InChI=1S/C20H23NO.2CH3O.Zr/c1-11-12(2)18(20(5,6)13(11)3)16-10-15-8-7-9-17(22)19(15)21-14(16)4;2*1-2;/h7-10,22H,1-6H3;2*1H3;/q;2*-1;+2. The Bertz CT molecular complexity index is 911. The fourth-order valence-electron chi connectivity index (χ4n) is 3.74. The van der Waals surface area contributed by atoms with E-state index < -0.39 is 24.1 Å². The maximum atomic E-state index is 10.0. The van der Waals surface area contributed by atoms with Crippen LogP contribution >= 0.6 is 0 Å². The molecule has 0 saturated carbocycles. The second-order valence-corrected chi connectivity index (χ2v) is 9.75. The molecule has 1 heterocycles. The van der Waals surface area contributed by atoms with Gasteiger partial charge in [-0.1, -0.05) is 31.6 Å². The van der Waals surface area contributed by atoms with Gasteiger partial charge in [0.05, 0.1) is 0 Å². The summed E-state index contributed by atoms with van der Waals surface area (Å²) in [5, 5.41) is 11.0. The van der Waals surface area contributed by atoms with Gasteiger partial charge in [-0.2, -0.15) is 0 Å². The predicted octanol–water partition coefficient (Wildman–Crippen LogP) is 5.59. The molecule has 0 atom stereocenters. The Morgan fingerprint density at radius 2 is 1.63 bits per heavy atom. The number of para-hydroxylation sites is 1. The molecule has 1 N–H and O–H groups in total. The van der Waals surface area contributed by atoms with Crippen LogP contribution in [0.3, 0.4) is 0 Å². The number of hydrogen-bond donors (Lipinski definition) is 1. The zero-order valence-corrected chi connectivity index (χ0v) is 20.0. The second-order valence-electron chi connectivity index (χ2n) is 7.34. The second kappa shape index (κ2) is 8.81. The van der Waals surface area contributed by atoms with E-state index >= 15 is 0 Å². The maximum absolute atomic E-state index is 10.0. The van der Waals surface area contributed by atoms with Crippen LogP contribution in [-0.2, 0) is 29.7 Å². The number of nitrogens with zero attached hydrogens (tertiary/aromatic N) is 1. The molecule has 0 amide bonds. The van der Waals surface area contributed by atoms with Gasteiger partial charge in [-0.3, -0.25) is 0 Å². The minimum atomic E-state index is -0.782. The molecular weight excluding hydrogens is 417 g/mol. The summed E-state index contributed by atoms with van der Waals surface area (Å²) < 4.78 is 9.28. The Morgan fingerprint density at radius 1 is 1.00 bits per heavy atom. The Labute approximate surface area is 175 Å². The number of hydrogen-bond acceptors (Lipinski definition) is 4. The molecule has 3 rings (SSSR count). The number of phenols is 1. The SMILES string of the molecule is CC1=C(C)C(C)(C)C(c2cc3cccc(O)c3nc2C)=C1C.C[O][Zr][O]C. The van der Waals surface area contributed by atoms with Gasteiger partial charge >= 0.3 is 44.0 Å². The van der Waals surface area contributed by atoms with E-state index in [-0.39, 0.29) is 11.2 Å². The fourth-order valence-corrected chi connectivity index (χ4v) is 4.15. The summed E-state index contributed by atoms with van der Waals surface area (Å²) in [6.07, 6.45) is 0. The van der Waals surface area contributed by atoms with E-state index in [4.69, 9.17) is 0 Å². The average molecular weight is 447 g/mol. The monoisotopic (exact) mass is 445 g/mol. The van der Waals surface area contributed by atoms with E-state index in [2.05, 4.69) is 51.3 Å². The molecule has 0 saturated heterocycles. The van der Waals surface area contributed by atoms with Crippen molar-refractivity contribution in [1.29, 1.82) is 0 Å². The summed E-state index contributed by atoms with van der Waals surface area (Å²) in [4.78, 5) is 4.67. The van der Waals surface area contributed by atoms with E-state index in [1.807, 2.05) is 19.1 Å². The van der Waals surface area contributed by atoms with E-state index in [0.29, 0.717) is 5.52 Å². The van der Waals surface area contributed by atoms with Crippen LogP contribution in [0.4, 0.5) is 0 Å². The van der Waals surface area contributed by atoms with Crippen molar-refractivity contribution >= 4 is 16.5 Å². The van der Waals surface area contributed by atoms with Crippen molar-refractivity contribution in [1.82, 2.24) is 4.98 Å². The number of benzene rings is 1. The molecule has 1 aromatic carbocycles. The van der Waals surface area contributed by atoms with Gasteiger partial charge in [-0.15, -0.1) is 0 Å². The zero-order chi connectivity index (χ0) is 20.4. The third-order valence-corrected chi connectivity index (χ3v) is 6.33. The van der Waals surface area contributed by atoms with Gasteiger partial charge in [-0.25, -0.2) is 4.98 Å². The van der Waals surface area contributed by atoms with E-state index in [1.165, 1.54) is 27.9 Å². The molecule has 0 bridgehead atoms. The predicted molar refractivity (Wildman–Crippen MR) is 107 cm³/mol. The van der Waals surface area contributed by atoms with Crippen molar-refractivity contribution in [3.63, 3.8) is 0 Å². The quantitative estimate of drug-likeness (QED) is 0.668. The van der Waals surface area contributed by atoms with Gasteiger partial charge in [0.15, 0.2) is 0 Å². The molecule has 5 heteroatoms. The van der Waals surface area contributed by atoms with Gasteiger partial charge in [0.25, 0.3) is 0 Å². The molecule has 1 aliphatic rings. The molecular formula is C22H29NO3Zr. The van der Waals surface area contributed by atoms with Crippen molar-refractivity contribution in [2.45, 2.75) is 41.5 Å². The van der Waals surface area contributed by atoms with Crippen LogP contribution in [0.5, 0.6) is 5.75 Å². The van der Waals surface area contributed by atoms with Gasteiger partial charge in [-0.05, 0) is 56.5 Å². The molecule has 0 aliphatic heterocycles. The number of allylic oxidation sites excluding steroid dienone is 4. The van der Waals surface area contributed by atoms with Gasteiger partial charge < -0.3 is 5.11 Å². The Kier molecular flexibility index (Phi) is 7.18. The number of pyridine rings is 1. The van der Waals surface area contributed by atoms with Crippen LogP contribution in [0.2, 0.25) is 0 Å². The summed E-state index contributed by atoms with van der Waals surface area (Å²) in [6.45, 7) is 13.2. The minimum absolute atomic E-state index is 0.0190. The van der Waals surface area contributed by atoms with E-state index in [9.17, 15) is 5.11 Å². The molecule has 0 spiro atoms. The van der Waals surface area contributed by atoms with E-state index in [0.717, 1.165) is 11.1 Å². The summed E-state index contributed by atoms with van der Waals surface area (Å²) in [6, 6.07) is 7.74. The third kappa shape index (κ3) is 4.26. The first-order chi connectivity index (χ1) is 12.7. The zero-order valence-electron chi connectivity index (χ0n) is 17.5. The topological polar surface area (TPSA) is 51.6 Å². The molecule has 27 heavy (non-hydrogen) atoms. The molecule has 4 nitrogen and oxygen atoms in total. The Hall–Kier alpha value is -1.29. The summed E-state index contributed by atoms with van der Waals surface area (Å²) in [5.74, 6) is 0.244. The fraction of sp³-hybridized carbons (Fsp3) is 0.409. The number of aromatic hydroxyl groups is 1. The van der Waals surface area contributed by atoms with E-state index in [1.54, 1.807) is 20.3 Å². The number of aryl methyl sites for hydroxylation is 1. The molecule has 0 unspecified atom stereocenters. The molecule has 0 radical (unpaired) electrons. The third-order valence-electron chi connectivity index (χ3n) is 5.51. The van der Waals surface area contributed by atoms with Crippen molar-refractivity contribution in [3.05, 3.63) is 52.2 Å². The summed E-state index contributed by atoms with van der Waals surface area (Å²) in [7, 11) is 3.32. The number of fused-ring (bicyclic) bond motifs is 1. The Balaban J connectivity index is 0.000000465. The van der Waals surface area contributed by atoms with Gasteiger partial charge in [0.1, 0.15) is 11.3 Å². The first-order valence-electron chi connectivity index (χ1n) is 8.97. The van der Waals surface area contributed by atoms with Crippen LogP contribution in [-0.4, -0.2) is 24.3 Å². The summed E-state index contributed by atoms with van der Waals surface area (Å²) in [5.41, 5.74) is 8.39. The molecule has 144 valence electrons. The average Bonchev–Trinajstić information content (AvgIpc) is 2.77. The van der Waals surface area contributed by atoms with Crippen molar-refractivity contribution < 1.29 is 34.8 Å². The van der Waals surface area contributed by atoms with Crippen LogP contribution in [0.25, 0.3) is 16.5 Å². The van der Waals surface area contributed by atoms with Crippen molar-refractivity contribution in [3.8, 4) is 5.75 Å². The molecule has 0 fully saturated rings. The van der Waals surface area contributed by atoms with Crippen LogP contribution in [0.15, 0.2) is 41.0 Å². The normalized spacial score (nSPS) is 15.9. The van der Waals surface area contributed by atoms with Crippen LogP contribution in [0.1, 0.15) is 45.9 Å². The van der Waals surface area contributed by atoms with Crippen LogP contribution in [0, 0.1) is 12.3 Å². The Morgan fingerprint density at radius 3 is 2.11 bits per heavy atom. The van der Waals surface area contributed by atoms with Gasteiger partial charge in [0.2, 0.25) is 0 Å². The summed E-state index contributed by atoms with van der Waals surface area (Å²) >= 11 is -0.782. The number of rotatable bonds is 3. The number of phenolic OH excluding ortho intramolecular Hbond substituents is 1. The van der Waals surface area contributed by atoms with Crippen molar-refractivity contribution in [2.75, 3.05) is 14.2 Å². The first-order valence-corrected chi connectivity index (χ1v) is 11.0. The molecule has 1 aliphatic carbocycles. The number of aromatic nitrogens is 1. The van der Waals surface area contributed by atoms with Gasteiger partial charge in [0, 0.05) is 22.1 Å². The van der Waals surface area contributed by atoms with Crippen LogP contribution < -0.4 is 0 Å².